The highest BCUT2D eigenvalue weighted by Gasteiger charge is 2.07. The molecule has 0 radical (unpaired) electrons. The Morgan fingerprint density at radius 3 is 2.68 bits per heavy atom. The van der Waals surface area contributed by atoms with Crippen molar-refractivity contribution in [2.75, 3.05) is 0 Å². The number of hydrogen-bond donors (Lipinski definition) is 0. The first kappa shape index (κ1) is 11.8. The van der Waals surface area contributed by atoms with Gasteiger partial charge in [-0.05, 0) is 35.7 Å². The Kier molecular flexibility index (Phi) is 2.78. The van der Waals surface area contributed by atoms with E-state index in [0.717, 1.165) is 22.4 Å². The minimum absolute atomic E-state index is 0.490. The molecule has 19 heavy (non-hydrogen) atoms. The molecular formula is C15H16N4. The van der Waals surface area contributed by atoms with E-state index in [1.165, 1.54) is 5.56 Å². The third-order valence-electron chi connectivity index (χ3n) is 3.19. The Balaban J connectivity index is 2.10. The number of rotatable bonds is 2. The summed E-state index contributed by atoms with van der Waals surface area (Å²) in [7, 11) is 1.90. The quantitative estimate of drug-likeness (QED) is 0.703. The molecule has 3 heterocycles. The standard InChI is InChI=1S/C15H16N4/c1-10(2)11-6-7-16-14(8-11)12-4-5-13-15(17-12)9-19(3)18-13/h4-10H,1-3H3. The van der Waals surface area contributed by atoms with Crippen LogP contribution in [-0.2, 0) is 7.05 Å². The van der Waals surface area contributed by atoms with Crippen LogP contribution >= 0.6 is 0 Å². The molecule has 3 rings (SSSR count). The van der Waals surface area contributed by atoms with Crippen LogP contribution in [0.2, 0.25) is 0 Å². The van der Waals surface area contributed by atoms with Gasteiger partial charge in [-0.15, -0.1) is 0 Å². The molecule has 0 aromatic carbocycles. The summed E-state index contributed by atoms with van der Waals surface area (Å²) in [6, 6.07) is 8.12. The summed E-state index contributed by atoms with van der Waals surface area (Å²) in [4.78, 5) is 9.04. The van der Waals surface area contributed by atoms with Crippen LogP contribution < -0.4 is 0 Å². The fourth-order valence-electron chi connectivity index (χ4n) is 2.11. The molecule has 0 spiro atoms. The number of nitrogens with zero attached hydrogens (tertiary/aromatic N) is 4. The maximum absolute atomic E-state index is 4.62. The number of aryl methyl sites for hydroxylation is 1. The average molecular weight is 252 g/mol. The summed E-state index contributed by atoms with van der Waals surface area (Å²) >= 11 is 0. The molecular weight excluding hydrogens is 236 g/mol. The molecule has 0 aliphatic heterocycles. The van der Waals surface area contributed by atoms with Crippen LogP contribution in [-0.4, -0.2) is 19.7 Å². The summed E-state index contributed by atoms with van der Waals surface area (Å²) in [5.41, 5.74) is 4.89. The lowest BCUT2D eigenvalue weighted by Gasteiger charge is -2.06. The number of aromatic nitrogens is 4. The Morgan fingerprint density at radius 1 is 1.05 bits per heavy atom. The Hall–Kier alpha value is -2.23. The third-order valence-corrected chi connectivity index (χ3v) is 3.19. The predicted molar refractivity (Wildman–Crippen MR) is 75.8 cm³/mol. The van der Waals surface area contributed by atoms with Crippen molar-refractivity contribution in [3.63, 3.8) is 0 Å². The fraction of sp³-hybridized carbons (Fsp3) is 0.267. The van der Waals surface area contributed by atoms with E-state index < -0.39 is 0 Å². The third kappa shape index (κ3) is 2.21. The molecule has 0 fully saturated rings. The maximum atomic E-state index is 4.62. The van der Waals surface area contributed by atoms with Crippen molar-refractivity contribution < 1.29 is 0 Å². The number of pyridine rings is 2. The highest BCUT2D eigenvalue weighted by Crippen LogP contribution is 2.22. The van der Waals surface area contributed by atoms with E-state index in [1.807, 2.05) is 31.6 Å². The largest absolute Gasteiger partial charge is 0.273 e. The first-order valence-corrected chi connectivity index (χ1v) is 6.40. The monoisotopic (exact) mass is 252 g/mol. The predicted octanol–water partition coefficient (Wildman–Crippen LogP) is 3.15. The van der Waals surface area contributed by atoms with Crippen molar-refractivity contribution in [2.45, 2.75) is 19.8 Å². The maximum Gasteiger partial charge on any atom is 0.111 e. The normalized spacial score (nSPS) is 11.4. The molecule has 3 aromatic rings. The van der Waals surface area contributed by atoms with E-state index >= 15 is 0 Å². The SMILES string of the molecule is CC(C)c1ccnc(-c2ccc3nn(C)cc3n2)c1. The molecule has 0 N–H and O–H groups in total. The van der Waals surface area contributed by atoms with Crippen LogP contribution in [0, 0.1) is 0 Å². The molecule has 0 saturated heterocycles. The van der Waals surface area contributed by atoms with Gasteiger partial charge < -0.3 is 0 Å². The van der Waals surface area contributed by atoms with Crippen LogP contribution in [0.15, 0.2) is 36.7 Å². The van der Waals surface area contributed by atoms with Crippen molar-refractivity contribution in [1.29, 1.82) is 0 Å². The number of fused-ring (bicyclic) bond motifs is 1. The van der Waals surface area contributed by atoms with Crippen molar-refractivity contribution in [1.82, 2.24) is 19.7 Å². The lowest BCUT2D eigenvalue weighted by atomic mass is 10.0. The van der Waals surface area contributed by atoms with Crippen LogP contribution in [0.3, 0.4) is 0 Å². The van der Waals surface area contributed by atoms with Gasteiger partial charge in [0.05, 0.1) is 17.6 Å². The molecule has 96 valence electrons. The van der Waals surface area contributed by atoms with Gasteiger partial charge in [-0.25, -0.2) is 4.98 Å². The van der Waals surface area contributed by atoms with Gasteiger partial charge >= 0.3 is 0 Å². The Labute approximate surface area is 112 Å². The van der Waals surface area contributed by atoms with Gasteiger partial charge in [-0.3, -0.25) is 9.67 Å². The number of hydrogen-bond acceptors (Lipinski definition) is 3. The highest BCUT2D eigenvalue weighted by molar-refractivity contribution is 5.76. The summed E-state index contributed by atoms with van der Waals surface area (Å²) in [6.45, 7) is 4.35. The molecule has 0 amide bonds. The molecule has 4 nitrogen and oxygen atoms in total. The van der Waals surface area contributed by atoms with Gasteiger partial charge in [-0.2, -0.15) is 5.10 Å². The summed E-state index contributed by atoms with van der Waals surface area (Å²) in [6.07, 6.45) is 3.77. The molecule has 0 saturated carbocycles. The molecule has 0 unspecified atom stereocenters. The van der Waals surface area contributed by atoms with Gasteiger partial charge in [-0.1, -0.05) is 13.8 Å². The van der Waals surface area contributed by atoms with E-state index in [2.05, 4.69) is 41.0 Å². The summed E-state index contributed by atoms with van der Waals surface area (Å²) in [5.74, 6) is 0.490. The second-order valence-electron chi connectivity index (χ2n) is 5.03. The first-order valence-electron chi connectivity index (χ1n) is 6.40. The Bertz CT molecular complexity index is 728. The van der Waals surface area contributed by atoms with E-state index in [0.29, 0.717) is 5.92 Å². The van der Waals surface area contributed by atoms with Crippen molar-refractivity contribution in [2.24, 2.45) is 7.05 Å². The van der Waals surface area contributed by atoms with Crippen LogP contribution in [0.4, 0.5) is 0 Å². The highest BCUT2D eigenvalue weighted by atomic mass is 15.3. The zero-order chi connectivity index (χ0) is 13.4. The van der Waals surface area contributed by atoms with E-state index in [9.17, 15) is 0 Å². The van der Waals surface area contributed by atoms with E-state index in [4.69, 9.17) is 0 Å². The van der Waals surface area contributed by atoms with E-state index in [-0.39, 0.29) is 0 Å². The van der Waals surface area contributed by atoms with Crippen LogP contribution in [0.25, 0.3) is 22.4 Å². The zero-order valence-corrected chi connectivity index (χ0v) is 11.3. The lowest BCUT2D eigenvalue weighted by Crippen LogP contribution is -1.92. The van der Waals surface area contributed by atoms with Crippen LogP contribution in [0.5, 0.6) is 0 Å². The van der Waals surface area contributed by atoms with Crippen LogP contribution in [0.1, 0.15) is 25.3 Å². The molecule has 0 bridgehead atoms. The summed E-state index contributed by atoms with van der Waals surface area (Å²) < 4.78 is 1.78. The second kappa shape index (κ2) is 4.46. The molecule has 0 atom stereocenters. The average Bonchev–Trinajstić information content (AvgIpc) is 2.77. The lowest BCUT2D eigenvalue weighted by molar-refractivity contribution is 0.779. The van der Waals surface area contributed by atoms with Gasteiger partial charge in [0.15, 0.2) is 0 Å². The topological polar surface area (TPSA) is 43.6 Å². The molecule has 4 heteroatoms. The first-order chi connectivity index (χ1) is 9.13. The smallest absolute Gasteiger partial charge is 0.111 e. The van der Waals surface area contributed by atoms with Gasteiger partial charge in [0, 0.05) is 13.2 Å². The molecule has 0 aliphatic rings. The molecule has 3 aromatic heterocycles. The van der Waals surface area contributed by atoms with Gasteiger partial charge in [0.2, 0.25) is 0 Å². The minimum atomic E-state index is 0.490. The van der Waals surface area contributed by atoms with Crippen molar-refractivity contribution in [3.05, 3.63) is 42.2 Å². The van der Waals surface area contributed by atoms with Crippen molar-refractivity contribution in [3.8, 4) is 11.4 Å². The summed E-state index contributed by atoms with van der Waals surface area (Å²) in [5, 5.41) is 4.33. The van der Waals surface area contributed by atoms with Crippen molar-refractivity contribution >= 4 is 11.0 Å². The Morgan fingerprint density at radius 2 is 1.89 bits per heavy atom. The second-order valence-corrected chi connectivity index (χ2v) is 5.03. The minimum Gasteiger partial charge on any atom is -0.273 e. The zero-order valence-electron chi connectivity index (χ0n) is 11.3. The fourth-order valence-corrected chi connectivity index (χ4v) is 2.11. The van der Waals surface area contributed by atoms with Gasteiger partial charge in [0.1, 0.15) is 11.0 Å². The van der Waals surface area contributed by atoms with E-state index in [1.54, 1.807) is 4.68 Å². The van der Waals surface area contributed by atoms with Gasteiger partial charge in [0.25, 0.3) is 0 Å². The molecule has 0 aliphatic carbocycles.